The molecule has 1 aromatic carbocycles. The minimum Gasteiger partial charge on any atom is -0.476 e. The third-order valence-corrected chi connectivity index (χ3v) is 3.71. The Morgan fingerprint density at radius 1 is 1.48 bits per heavy atom. The lowest BCUT2D eigenvalue weighted by Crippen LogP contribution is -2.06. The summed E-state index contributed by atoms with van der Waals surface area (Å²) in [6, 6.07) is 4.81. The number of benzene rings is 1. The van der Waals surface area contributed by atoms with Gasteiger partial charge in [-0.15, -0.1) is 0 Å². The van der Waals surface area contributed by atoms with Crippen LogP contribution in [0.25, 0.3) is 11.3 Å². The van der Waals surface area contributed by atoms with Crippen LogP contribution in [0.1, 0.15) is 28.5 Å². The van der Waals surface area contributed by atoms with E-state index in [2.05, 4.69) is 4.98 Å². The van der Waals surface area contributed by atoms with Gasteiger partial charge in [0.25, 0.3) is 0 Å². The molecule has 110 valence electrons. The lowest BCUT2D eigenvalue weighted by atomic mass is 9.99. The molecule has 2 rings (SSSR count). The fourth-order valence-corrected chi connectivity index (χ4v) is 2.30. The maximum absolute atomic E-state index is 14.2. The topological polar surface area (TPSA) is 76.2 Å². The number of carboxylic acids is 1. The normalized spacial score (nSPS) is 10.7. The molecule has 6 heteroatoms. The molecule has 0 amide bonds. The Morgan fingerprint density at radius 3 is 2.71 bits per heavy atom. The summed E-state index contributed by atoms with van der Waals surface area (Å²) in [4.78, 5) is 15.1. The molecule has 0 spiro atoms. The largest absolute Gasteiger partial charge is 0.476 e. The highest BCUT2D eigenvalue weighted by molar-refractivity contribution is 6.35. The maximum Gasteiger partial charge on any atom is 0.356 e. The summed E-state index contributed by atoms with van der Waals surface area (Å²) in [6.07, 6.45) is 0.573. The van der Waals surface area contributed by atoms with Crippen molar-refractivity contribution >= 4 is 23.3 Å². The Labute approximate surface area is 126 Å². The van der Waals surface area contributed by atoms with Gasteiger partial charge in [-0.2, -0.15) is 0 Å². The molecule has 0 aliphatic carbocycles. The zero-order valence-corrected chi connectivity index (χ0v) is 12.3. The summed E-state index contributed by atoms with van der Waals surface area (Å²) in [7, 11) is 0. The van der Waals surface area contributed by atoms with Crippen LogP contribution in [-0.2, 0) is 6.42 Å². The summed E-state index contributed by atoms with van der Waals surface area (Å²) in [5.41, 5.74) is 7.24. The molecule has 2 aromatic rings. The van der Waals surface area contributed by atoms with E-state index >= 15 is 0 Å². The number of anilines is 1. The van der Waals surface area contributed by atoms with Gasteiger partial charge in [0.15, 0.2) is 5.69 Å². The van der Waals surface area contributed by atoms with E-state index < -0.39 is 5.97 Å². The molecule has 0 saturated carbocycles. The highest BCUT2D eigenvalue weighted by atomic mass is 35.5. The molecule has 0 bridgehead atoms. The third-order valence-electron chi connectivity index (χ3n) is 3.31. The van der Waals surface area contributed by atoms with E-state index in [4.69, 9.17) is 22.4 Å². The number of hydrogen-bond acceptors (Lipinski definition) is 3. The zero-order valence-electron chi connectivity index (χ0n) is 11.6. The number of pyridine rings is 1. The van der Waals surface area contributed by atoms with Crippen molar-refractivity contribution in [1.29, 1.82) is 0 Å². The number of carboxylic acid groups (broad SMARTS) is 1. The van der Waals surface area contributed by atoms with Gasteiger partial charge in [0.2, 0.25) is 0 Å². The summed E-state index contributed by atoms with van der Waals surface area (Å²) >= 11 is 5.82. The first-order valence-corrected chi connectivity index (χ1v) is 6.72. The van der Waals surface area contributed by atoms with Crippen molar-refractivity contribution in [3.63, 3.8) is 0 Å². The predicted octanol–water partition coefficient (Wildman–Crippen LogP) is 3.69. The highest BCUT2D eigenvalue weighted by Crippen LogP contribution is 2.31. The number of hydrogen-bond donors (Lipinski definition) is 2. The van der Waals surface area contributed by atoms with E-state index in [0.29, 0.717) is 23.1 Å². The van der Waals surface area contributed by atoms with Crippen molar-refractivity contribution in [2.75, 3.05) is 5.73 Å². The Balaban J connectivity index is 2.68. The number of rotatable bonds is 3. The minimum absolute atomic E-state index is 0.0958. The zero-order chi connectivity index (χ0) is 15.7. The maximum atomic E-state index is 14.2. The molecule has 1 aromatic heterocycles. The average Bonchev–Trinajstić information content (AvgIpc) is 2.44. The SMILES string of the molecule is CCc1ccc(-c2cc(N)c(Cl)c(C(=O)O)n2)c(C)c1F. The fraction of sp³-hybridized carbons (Fsp3) is 0.200. The molecule has 3 N–H and O–H groups in total. The fourth-order valence-electron chi connectivity index (χ4n) is 2.12. The Hall–Kier alpha value is -2.14. The second kappa shape index (κ2) is 5.69. The van der Waals surface area contributed by atoms with Crippen LogP contribution in [0, 0.1) is 12.7 Å². The van der Waals surface area contributed by atoms with Gasteiger partial charge in [-0.1, -0.05) is 30.7 Å². The first-order chi connectivity index (χ1) is 9.86. The Bertz CT molecular complexity index is 732. The van der Waals surface area contributed by atoms with Crippen molar-refractivity contribution in [2.45, 2.75) is 20.3 Å². The van der Waals surface area contributed by atoms with Crippen molar-refractivity contribution in [2.24, 2.45) is 0 Å². The molecule has 0 fully saturated rings. The number of nitrogens with two attached hydrogens (primary N) is 1. The molecule has 0 aliphatic heterocycles. The van der Waals surface area contributed by atoms with Crippen molar-refractivity contribution in [1.82, 2.24) is 4.98 Å². The average molecular weight is 309 g/mol. The first-order valence-electron chi connectivity index (χ1n) is 6.34. The summed E-state index contributed by atoms with van der Waals surface area (Å²) in [5.74, 6) is -1.60. The van der Waals surface area contributed by atoms with Crippen LogP contribution in [0.3, 0.4) is 0 Å². The van der Waals surface area contributed by atoms with Crippen LogP contribution >= 0.6 is 11.6 Å². The predicted molar refractivity (Wildman–Crippen MR) is 80.1 cm³/mol. The molecule has 0 aliphatic rings. The van der Waals surface area contributed by atoms with E-state index in [1.165, 1.54) is 6.07 Å². The molecule has 4 nitrogen and oxygen atoms in total. The van der Waals surface area contributed by atoms with Crippen LogP contribution in [0.4, 0.5) is 10.1 Å². The van der Waals surface area contributed by atoms with Gasteiger partial charge >= 0.3 is 5.97 Å². The van der Waals surface area contributed by atoms with Gasteiger partial charge in [-0.05, 0) is 30.5 Å². The monoisotopic (exact) mass is 308 g/mol. The quantitative estimate of drug-likeness (QED) is 0.906. The first kappa shape index (κ1) is 15.3. The van der Waals surface area contributed by atoms with Crippen molar-refractivity contribution in [3.05, 3.63) is 45.9 Å². The molecule has 0 unspecified atom stereocenters. The third kappa shape index (κ3) is 2.69. The lowest BCUT2D eigenvalue weighted by molar-refractivity contribution is 0.0691. The summed E-state index contributed by atoms with van der Waals surface area (Å²) < 4.78 is 14.2. The summed E-state index contributed by atoms with van der Waals surface area (Å²) in [6.45, 7) is 3.48. The number of nitrogen functional groups attached to an aromatic ring is 1. The number of carbonyl (C=O) groups is 1. The number of aromatic nitrogens is 1. The molecular weight excluding hydrogens is 295 g/mol. The van der Waals surface area contributed by atoms with Crippen LogP contribution in [0.2, 0.25) is 5.02 Å². The minimum atomic E-state index is -1.28. The highest BCUT2D eigenvalue weighted by Gasteiger charge is 2.18. The van der Waals surface area contributed by atoms with E-state index in [1.54, 1.807) is 19.1 Å². The molecule has 1 heterocycles. The molecule has 0 saturated heterocycles. The number of aromatic carboxylic acids is 1. The number of nitrogens with zero attached hydrogens (tertiary/aromatic N) is 1. The van der Waals surface area contributed by atoms with E-state index in [0.717, 1.165) is 0 Å². The standard InChI is InChI=1S/C15H14ClFN2O2/c1-3-8-4-5-9(7(2)13(8)17)11-6-10(18)12(16)14(19-11)15(20)21/h4-6H,3H2,1-2H3,(H2,18,19)(H,20,21). The van der Waals surface area contributed by atoms with Gasteiger partial charge in [0.05, 0.1) is 16.4 Å². The van der Waals surface area contributed by atoms with Gasteiger partial charge in [-0.25, -0.2) is 14.2 Å². The van der Waals surface area contributed by atoms with Gasteiger partial charge < -0.3 is 10.8 Å². The van der Waals surface area contributed by atoms with Crippen molar-refractivity contribution in [3.8, 4) is 11.3 Å². The summed E-state index contributed by atoms with van der Waals surface area (Å²) in [5, 5.41) is 8.97. The number of halogens is 2. The molecule has 0 atom stereocenters. The smallest absolute Gasteiger partial charge is 0.356 e. The van der Waals surface area contributed by atoms with Crippen LogP contribution in [0.15, 0.2) is 18.2 Å². The molecule has 21 heavy (non-hydrogen) atoms. The van der Waals surface area contributed by atoms with E-state index in [9.17, 15) is 9.18 Å². The second-order valence-corrected chi connectivity index (χ2v) is 5.01. The Morgan fingerprint density at radius 2 is 2.14 bits per heavy atom. The van der Waals surface area contributed by atoms with Gasteiger partial charge in [0.1, 0.15) is 5.82 Å². The van der Waals surface area contributed by atoms with E-state index in [1.807, 2.05) is 6.92 Å². The van der Waals surface area contributed by atoms with Gasteiger partial charge in [-0.3, -0.25) is 0 Å². The van der Waals surface area contributed by atoms with Gasteiger partial charge in [0, 0.05) is 5.56 Å². The van der Waals surface area contributed by atoms with Crippen LogP contribution in [-0.4, -0.2) is 16.1 Å². The molecular formula is C15H14ClFN2O2. The lowest BCUT2D eigenvalue weighted by Gasteiger charge is -2.12. The van der Waals surface area contributed by atoms with Crippen LogP contribution < -0.4 is 5.73 Å². The second-order valence-electron chi connectivity index (χ2n) is 4.63. The Kier molecular flexibility index (Phi) is 4.14. The molecule has 0 radical (unpaired) electrons. The van der Waals surface area contributed by atoms with Crippen molar-refractivity contribution < 1.29 is 14.3 Å². The number of aryl methyl sites for hydroxylation is 1. The van der Waals surface area contributed by atoms with Crippen LogP contribution in [0.5, 0.6) is 0 Å². The van der Waals surface area contributed by atoms with E-state index in [-0.39, 0.29) is 27.9 Å².